The highest BCUT2D eigenvalue weighted by atomic mass is 35.5. The van der Waals surface area contributed by atoms with Crippen LogP contribution < -0.4 is 19.1 Å². The van der Waals surface area contributed by atoms with E-state index in [1.54, 1.807) is 55.5 Å². The average molecular weight is 649 g/mol. The first-order valence-corrected chi connectivity index (χ1v) is 16.2. The Morgan fingerprint density at radius 3 is 2.28 bits per heavy atom. The molecule has 230 valence electrons. The van der Waals surface area contributed by atoms with Gasteiger partial charge in [0.1, 0.15) is 25.8 Å². The van der Waals surface area contributed by atoms with Crippen LogP contribution in [0.4, 0.5) is 5.69 Å². The Morgan fingerprint density at radius 1 is 0.930 bits per heavy atom. The van der Waals surface area contributed by atoms with Gasteiger partial charge in [0.15, 0.2) is 11.5 Å². The van der Waals surface area contributed by atoms with Crippen molar-refractivity contribution in [1.29, 1.82) is 0 Å². The molecule has 2 amide bonds. The maximum Gasteiger partial charge on any atom is 0.264 e. The van der Waals surface area contributed by atoms with Crippen LogP contribution in [0.2, 0.25) is 10.0 Å². The standard InChI is InChI=1S/C31H35Cl2N3O6S/c1-4-27(31(38)34-18-21(2)3)35(19-22-10-12-25(32)26(33)16-22)30(37)20-36(43(39,40)24-8-6-5-7-9-24)23-11-13-28-29(17-23)42-15-14-41-28/h5-13,16-17,21,27H,4,14-15,18-20H2,1-3H3,(H,34,38)/t27-/m1/s1. The molecular weight excluding hydrogens is 613 g/mol. The van der Waals surface area contributed by atoms with E-state index < -0.39 is 28.5 Å². The molecule has 43 heavy (non-hydrogen) atoms. The quantitative estimate of drug-likeness (QED) is 0.277. The Balaban J connectivity index is 1.75. The zero-order chi connectivity index (χ0) is 31.1. The third-order valence-electron chi connectivity index (χ3n) is 6.83. The van der Waals surface area contributed by atoms with Crippen LogP contribution in [-0.2, 0) is 26.2 Å². The maximum atomic E-state index is 14.2. The summed E-state index contributed by atoms with van der Waals surface area (Å²) in [7, 11) is -4.22. The fourth-order valence-corrected chi connectivity index (χ4v) is 6.36. The summed E-state index contributed by atoms with van der Waals surface area (Å²) in [5.74, 6) is 0.139. The molecular formula is C31H35Cl2N3O6S. The van der Waals surface area contributed by atoms with Gasteiger partial charge in [0, 0.05) is 19.2 Å². The second kappa shape index (κ2) is 14.3. The number of sulfonamides is 1. The van der Waals surface area contributed by atoms with Crippen molar-refractivity contribution in [3.05, 3.63) is 82.3 Å². The molecule has 9 nitrogen and oxygen atoms in total. The van der Waals surface area contributed by atoms with Crippen molar-refractivity contribution in [3.8, 4) is 11.5 Å². The normalized spacial score (nSPS) is 13.3. The average Bonchev–Trinajstić information content (AvgIpc) is 3.00. The van der Waals surface area contributed by atoms with Crippen molar-refractivity contribution in [2.75, 3.05) is 30.6 Å². The molecule has 0 unspecified atom stereocenters. The Labute approximate surface area is 262 Å². The van der Waals surface area contributed by atoms with E-state index in [0.29, 0.717) is 53.3 Å². The highest BCUT2D eigenvalue weighted by Crippen LogP contribution is 2.36. The van der Waals surface area contributed by atoms with Crippen molar-refractivity contribution in [2.45, 2.75) is 44.7 Å². The van der Waals surface area contributed by atoms with Gasteiger partial charge in [-0.25, -0.2) is 8.42 Å². The van der Waals surface area contributed by atoms with Gasteiger partial charge in [-0.15, -0.1) is 0 Å². The van der Waals surface area contributed by atoms with Gasteiger partial charge in [0.25, 0.3) is 10.0 Å². The smallest absolute Gasteiger partial charge is 0.264 e. The van der Waals surface area contributed by atoms with Crippen molar-refractivity contribution < 1.29 is 27.5 Å². The Bertz CT molecular complexity index is 1550. The van der Waals surface area contributed by atoms with Crippen molar-refractivity contribution >= 4 is 50.7 Å². The lowest BCUT2D eigenvalue weighted by Gasteiger charge is -2.33. The van der Waals surface area contributed by atoms with Gasteiger partial charge in [-0.05, 0) is 54.3 Å². The van der Waals surface area contributed by atoms with E-state index in [2.05, 4.69) is 5.32 Å². The molecule has 1 N–H and O–H groups in total. The molecule has 3 aromatic rings. The minimum absolute atomic E-state index is 0.00366. The Hall–Kier alpha value is -3.47. The summed E-state index contributed by atoms with van der Waals surface area (Å²) in [5.41, 5.74) is 0.850. The first-order chi connectivity index (χ1) is 20.5. The lowest BCUT2D eigenvalue weighted by atomic mass is 10.1. The number of nitrogens with zero attached hydrogens (tertiary/aromatic N) is 2. The summed E-state index contributed by atoms with van der Waals surface area (Å²) >= 11 is 12.4. The van der Waals surface area contributed by atoms with Crippen molar-refractivity contribution in [1.82, 2.24) is 10.2 Å². The molecule has 0 aliphatic carbocycles. The molecule has 1 aliphatic rings. The molecule has 0 fully saturated rings. The van der Waals surface area contributed by atoms with Gasteiger partial charge < -0.3 is 19.7 Å². The number of nitrogens with one attached hydrogen (secondary N) is 1. The van der Waals surface area contributed by atoms with Gasteiger partial charge in [-0.2, -0.15) is 0 Å². The fourth-order valence-electron chi connectivity index (χ4n) is 4.61. The third kappa shape index (κ3) is 7.93. The number of benzene rings is 3. The minimum Gasteiger partial charge on any atom is -0.486 e. The molecule has 12 heteroatoms. The molecule has 0 radical (unpaired) electrons. The molecule has 4 rings (SSSR count). The summed E-state index contributed by atoms with van der Waals surface area (Å²) in [6.07, 6.45) is 0.298. The number of carbonyl (C=O) groups excluding carboxylic acids is 2. The lowest BCUT2D eigenvalue weighted by Crippen LogP contribution is -2.52. The molecule has 3 aromatic carbocycles. The van der Waals surface area contributed by atoms with E-state index in [-0.39, 0.29) is 29.0 Å². The van der Waals surface area contributed by atoms with Gasteiger partial charge in [-0.3, -0.25) is 13.9 Å². The number of anilines is 1. The molecule has 0 saturated heterocycles. The molecule has 1 heterocycles. The van der Waals surface area contributed by atoms with Crippen LogP contribution in [-0.4, -0.2) is 57.5 Å². The third-order valence-corrected chi connectivity index (χ3v) is 9.36. The molecule has 1 atom stereocenters. The van der Waals surface area contributed by atoms with E-state index in [1.807, 2.05) is 13.8 Å². The number of amides is 2. The summed E-state index contributed by atoms with van der Waals surface area (Å²) in [6.45, 7) is 6.28. The van der Waals surface area contributed by atoms with Gasteiger partial charge in [0.05, 0.1) is 20.6 Å². The maximum absolute atomic E-state index is 14.2. The molecule has 0 saturated carbocycles. The summed E-state index contributed by atoms with van der Waals surface area (Å²) in [6, 6.07) is 16.7. The van der Waals surface area contributed by atoms with E-state index in [1.165, 1.54) is 23.1 Å². The second-order valence-corrected chi connectivity index (χ2v) is 13.2. The largest absolute Gasteiger partial charge is 0.486 e. The lowest BCUT2D eigenvalue weighted by molar-refractivity contribution is -0.140. The molecule has 1 aliphatic heterocycles. The number of fused-ring (bicyclic) bond motifs is 1. The van der Waals surface area contributed by atoms with Gasteiger partial charge in [0.2, 0.25) is 11.8 Å². The van der Waals surface area contributed by atoms with Crippen LogP contribution >= 0.6 is 23.2 Å². The molecule has 0 aromatic heterocycles. The topological polar surface area (TPSA) is 105 Å². The first kappa shape index (κ1) is 32.4. The van der Waals surface area contributed by atoms with Crippen LogP contribution in [0.1, 0.15) is 32.8 Å². The summed E-state index contributed by atoms with van der Waals surface area (Å²) in [4.78, 5) is 29.0. The molecule has 0 spiro atoms. The van der Waals surface area contributed by atoms with E-state index in [4.69, 9.17) is 32.7 Å². The van der Waals surface area contributed by atoms with Crippen molar-refractivity contribution in [3.63, 3.8) is 0 Å². The number of halogens is 2. The Morgan fingerprint density at radius 2 is 1.63 bits per heavy atom. The van der Waals surface area contributed by atoms with Crippen LogP contribution in [0, 0.1) is 5.92 Å². The highest BCUT2D eigenvalue weighted by molar-refractivity contribution is 7.92. The highest BCUT2D eigenvalue weighted by Gasteiger charge is 2.34. The zero-order valence-electron chi connectivity index (χ0n) is 24.3. The van der Waals surface area contributed by atoms with Crippen LogP contribution in [0.15, 0.2) is 71.6 Å². The zero-order valence-corrected chi connectivity index (χ0v) is 26.6. The summed E-state index contributed by atoms with van der Waals surface area (Å²) in [5, 5.41) is 3.56. The van der Waals surface area contributed by atoms with E-state index >= 15 is 0 Å². The van der Waals surface area contributed by atoms with Gasteiger partial charge in [-0.1, -0.05) is 68.2 Å². The number of ether oxygens (including phenoxy) is 2. The number of carbonyl (C=O) groups is 2. The van der Waals surface area contributed by atoms with Gasteiger partial charge >= 0.3 is 0 Å². The van der Waals surface area contributed by atoms with Crippen LogP contribution in [0.25, 0.3) is 0 Å². The first-order valence-electron chi connectivity index (χ1n) is 14.0. The SMILES string of the molecule is CC[C@H](C(=O)NCC(C)C)N(Cc1ccc(Cl)c(Cl)c1)C(=O)CN(c1ccc2c(c1)OCCO2)S(=O)(=O)c1ccccc1. The Kier molecular flexibility index (Phi) is 10.8. The molecule has 0 bridgehead atoms. The summed E-state index contributed by atoms with van der Waals surface area (Å²) < 4.78 is 40.4. The number of hydrogen-bond donors (Lipinski definition) is 1. The predicted molar refractivity (Wildman–Crippen MR) is 167 cm³/mol. The fraction of sp³-hybridized carbons (Fsp3) is 0.355. The van der Waals surface area contributed by atoms with Crippen LogP contribution in [0.5, 0.6) is 11.5 Å². The van der Waals surface area contributed by atoms with Crippen LogP contribution in [0.3, 0.4) is 0 Å². The number of hydrogen-bond acceptors (Lipinski definition) is 6. The minimum atomic E-state index is -4.22. The number of rotatable bonds is 12. The van der Waals surface area contributed by atoms with E-state index in [0.717, 1.165) is 4.31 Å². The predicted octanol–water partition coefficient (Wildman–Crippen LogP) is 5.54. The second-order valence-electron chi connectivity index (χ2n) is 10.5. The van der Waals surface area contributed by atoms with Crippen molar-refractivity contribution in [2.24, 2.45) is 5.92 Å². The monoisotopic (exact) mass is 647 g/mol. The van der Waals surface area contributed by atoms with E-state index in [9.17, 15) is 18.0 Å².